The molecule has 1 unspecified atom stereocenters. The number of phenolic OH excluding ortho intramolecular Hbond substituents is 1. The van der Waals surface area contributed by atoms with E-state index in [9.17, 15) is 47.9 Å². The van der Waals surface area contributed by atoms with E-state index in [1.54, 1.807) is 54.6 Å². The van der Waals surface area contributed by atoms with Gasteiger partial charge in [-0.05, 0) is 114 Å². The lowest BCUT2D eigenvalue weighted by atomic mass is 9.95. The number of amides is 7. The van der Waals surface area contributed by atoms with Gasteiger partial charge in [0.2, 0.25) is 52.9 Å². The average molecular weight is 1150 g/mol. The standard InChI is InChI=1S/C42H70N14O9.C10H13NO2.CH4.H2S/c1-3-4-20-49-27(14-8-9-19-43)35(59)36(60)28(15-10-21-50-42(47)48)52-40(64)32-16-11-22-56(32)41(65)25(2)51-39(63)31(24-34(45)58)53-38(62)29(17-18-33(44)57)54-55-30(37(46)61)23-26-12-6-5-7-13-26;1-7(12)10(11)6-8-2-4-9(13)5-3-8;;/h5-7,12-13,25,27-32,49,54-55H,3-4,8-11,14-24,43H2,1-2H3,(H2,44,57)(H2,45,58)(H2,46,61)(H,51,63)(H,52,64)(H,53,62)(H4,47,48,50);2-5,10,13H,6,11H2,1H3;1H4;1H2/t25?,27-,28-,29-,30-,31-,32-;10-;;/m00../s1/i/hD. The van der Waals surface area contributed by atoms with Gasteiger partial charge in [0, 0.05) is 19.5 Å². The van der Waals surface area contributed by atoms with Crippen LogP contribution in [0.1, 0.15) is 116 Å². The molecule has 2 aromatic rings. The molecule has 1 aliphatic heterocycles. The molecule has 0 radical (unpaired) electrons. The third-order valence-corrected chi connectivity index (χ3v) is 12.5. The number of likely N-dealkylation sites (tertiary alicyclic amines) is 1. The lowest BCUT2D eigenvalue weighted by Gasteiger charge is -2.29. The molecule has 448 valence electrons. The first-order valence-corrected chi connectivity index (χ1v) is 26.2. The molecule has 1 saturated heterocycles. The SMILES string of the molecule is C.CCCCN[C@@H](CCCCN)C(=O)C(=O)[C@H](CCCN=C(N)N)NC(=O)[C@@H]1CCCN1C(=O)C(C)NC(=O)[C@H](CC(N)=O)NC(=O)[C@H](CCC(N)=O)NN[C@@H](Cc1ccccc1)C(N)=O.S.[2H]N[C@@H](Cc1ccc(O)cc1)C(C)=O. The Morgan fingerprint density at radius 3 is 1.93 bits per heavy atom. The summed E-state index contributed by atoms with van der Waals surface area (Å²) >= 11 is 0. The highest BCUT2D eigenvalue weighted by atomic mass is 32.1. The van der Waals surface area contributed by atoms with Crippen molar-refractivity contribution in [1.29, 1.82) is 0 Å². The average Bonchev–Trinajstić information content (AvgIpc) is 3.90. The van der Waals surface area contributed by atoms with Crippen LogP contribution in [0.15, 0.2) is 59.6 Å². The number of rotatable bonds is 37. The Morgan fingerprint density at radius 1 is 0.738 bits per heavy atom. The zero-order valence-corrected chi connectivity index (χ0v) is 46.4. The Labute approximate surface area is 477 Å². The van der Waals surface area contributed by atoms with Crippen molar-refractivity contribution in [2.45, 2.75) is 166 Å². The van der Waals surface area contributed by atoms with Crippen LogP contribution in [0.3, 0.4) is 0 Å². The predicted molar refractivity (Wildman–Crippen MR) is 309 cm³/mol. The highest BCUT2D eigenvalue weighted by Gasteiger charge is 2.40. The van der Waals surface area contributed by atoms with Gasteiger partial charge in [-0.3, -0.25) is 52.9 Å². The van der Waals surface area contributed by atoms with Crippen molar-refractivity contribution in [3.63, 3.8) is 0 Å². The molecule has 8 atom stereocenters. The van der Waals surface area contributed by atoms with E-state index in [0.717, 1.165) is 24.0 Å². The number of nitrogens with zero attached hydrogens (tertiary/aromatic N) is 2. The third kappa shape index (κ3) is 27.7. The summed E-state index contributed by atoms with van der Waals surface area (Å²) in [5.74, 6) is -7.25. The number of phenols is 1. The summed E-state index contributed by atoms with van der Waals surface area (Å²) in [6.45, 7) is 5.96. The number of Topliss-reactive ketones (excluding diaryl/α,β-unsaturated/α-hetero) is 3. The number of hydrogen-bond acceptors (Lipinski definition) is 17. The Hall–Kier alpha value is -7.04. The number of guanidine groups is 1. The minimum absolute atomic E-state index is 0. The minimum atomic E-state index is -1.61. The second kappa shape index (κ2) is 39.3. The van der Waals surface area contributed by atoms with Crippen LogP contribution in [-0.2, 0) is 60.8 Å². The molecule has 0 aromatic heterocycles. The first kappa shape index (κ1) is 71.0. The molecule has 21 N–H and O–H groups in total. The molecule has 1 aliphatic rings. The van der Waals surface area contributed by atoms with E-state index in [-0.39, 0.29) is 90.0 Å². The van der Waals surface area contributed by atoms with Gasteiger partial charge in [-0.15, -0.1) is 0 Å². The molecule has 27 heteroatoms. The van der Waals surface area contributed by atoms with Crippen molar-refractivity contribution in [3.8, 4) is 5.75 Å². The van der Waals surface area contributed by atoms with Crippen molar-refractivity contribution in [1.82, 2.24) is 37.0 Å². The van der Waals surface area contributed by atoms with Gasteiger partial charge in [0.1, 0.15) is 43.2 Å². The second-order valence-corrected chi connectivity index (χ2v) is 19.1. The summed E-state index contributed by atoms with van der Waals surface area (Å²) < 4.78 is 6.96. The molecule has 1 fully saturated rings. The molecule has 0 saturated carbocycles. The normalized spacial score (nSPS) is 15.3. The van der Waals surface area contributed by atoms with E-state index in [1.807, 2.05) is 6.92 Å². The molecule has 2 aromatic carbocycles. The maximum absolute atomic E-state index is 13.9. The van der Waals surface area contributed by atoms with Crippen LogP contribution >= 0.6 is 13.5 Å². The summed E-state index contributed by atoms with van der Waals surface area (Å²) in [6.07, 6.45) is 3.56. The topological polar surface area (TPSA) is 461 Å². The highest BCUT2D eigenvalue weighted by Crippen LogP contribution is 2.20. The zero-order chi connectivity index (χ0) is 59.0. The molecule has 0 spiro atoms. The number of primary amides is 3. The zero-order valence-electron chi connectivity index (χ0n) is 46.4. The van der Waals surface area contributed by atoms with E-state index >= 15 is 0 Å². The molecule has 26 nitrogen and oxygen atoms in total. The lowest BCUT2D eigenvalue weighted by molar-refractivity contribution is -0.143. The van der Waals surface area contributed by atoms with E-state index < -0.39 is 108 Å². The number of nitrogens with one attached hydrogen (secondary N) is 6. The lowest BCUT2D eigenvalue weighted by Crippen LogP contribution is -2.60. The monoisotopic (exact) mass is 1140 g/mol. The largest absolute Gasteiger partial charge is 0.508 e. The van der Waals surface area contributed by atoms with Crippen LogP contribution in [0.4, 0.5) is 0 Å². The van der Waals surface area contributed by atoms with Crippen LogP contribution < -0.4 is 72.2 Å². The van der Waals surface area contributed by atoms with Crippen molar-refractivity contribution >= 4 is 78.2 Å². The van der Waals surface area contributed by atoms with Gasteiger partial charge in [0.15, 0.2) is 5.96 Å². The highest BCUT2D eigenvalue weighted by molar-refractivity contribution is 7.59. The number of carbonyl (C=O) groups excluding carboxylic acids is 10. The number of carbonyl (C=O) groups is 10. The summed E-state index contributed by atoms with van der Waals surface area (Å²) in [4.78, 5) is 135. The molecule has 0 bridgehead atoms. The maximum Gasteiger partial charge on any atom is 0.245 e. The Morgan fingerprint density at radius 2 is 1.35 bits per heavy atom. The molecule has 3 rings (SSSR count). The van der Waals surface area contributed by atoms with Crippen LogP contribution in [0.2, 0.25) is 1.41 Å². The minimum Gasteiger partial charge on any atom is -0.508 e. The third-order valence-electron chi connectivity index (χ3n) is 12.5. The first-order valence-electron chi connectivity index (χ1n) is 26.7. The van der Waals surface area contributed by atoms with E-state index in [4.69, 9.17) is 40.9 Å². The summed E-state index contributed by atoms with van der Waals surface area (Å²) in [6, 6.07) is 6.66. The number of aliphatic imine (C=N–C) groups is 1. The fraction of sp³-hybridized carbons (Fsp3) is 0.566. The van der Waals surface area contributed by atoms with Crippen LogP contribution in [0.25, 0.3) is 0 Å². The summed E-state index contributed by atoms with van der Waals surface area (Å²) in [5.41, 5.74) is 42.2. The number of hydrogen-bond donors (Lipinski definition) is 14. The van der Waals surface area contributed by atoms with Crippen molar-refractivity contribution in [3.05, 3.63) is 65.7 Å². The fourth-order valence-electron chi connectivity index (χ4n) is 8.11. The van der Waals surface area contributed by atoms with Gasteiger partial charge in [-0.2, -0.15) is 13.5 Å². The number of benzene rings is 2. The van der Waals surface area contributed by atoms with Gasteiger partial charge in [0.25, 0.3) is 0 Å². The second-order valence-electron chi connectivity index (χ2n) is 19.1. The van der Waals surface area contributed by atoms with Gasteiger partial charge in [-0.25, -0.2) is 10.9 Å². The predicted octanol–water partition coefficient (Wildman–Crippen LogP) is -2.17. The van der Waals surface area contributed by atoms with E-state index in [1.165, 1.54) is 18.7 Å². The fourth-order valence-corrected chi connectivity index (χ4v) is 8.11. The number of ketones is 3. The number of unbranched alkanes of at least 4 members (excludes halogenated alkanes) is 2. The Kier molecular flexibility index (Phi) is 34.9. The van der Waals surface area contributed by atoms with Crippen molar-refractivity contribution in [2.75, 3.05) is 26.2 Å². The summed E-state index contributed by atoms with van der Waals surface area (Å²) in [5, 5.41) is 19.8. The summed E-state index contributed by atoms with van der Waals surface area (Å²) in [7, 11) is 0. The number of aromatic hydroxyl groups is 1. The molecule has 1 heterocycles. The van der Waals surface area contributed by atoms with Gasteiger partial charge in [-0.1, -0.05) is 69.7 Å². The van der Waals surface area contributed by atoms with Gasteiger partial charge in [0.05, 0.1) is 24.5 Å². The van der Waals surface area contributed by atoms with Crippen molar-refractivity contribution < 1.29 is 54.5 Å². The van der Waals surface area contributed by atoms with E-state index in [0.29, 0.717) is 45.2 Å². The molecule has 7 amide bonds. The van der Waals surface area contributed by atoms with Crippen molar-refractivity contribution in [2.24, 2.45) is 45.1 Å². The molecular weight excluding hydrogens is 1050 g/mol. The van der Waals surface area contributed by atoms with Crippen LogP contribution in [0, 0.1) is 0 Å². The molecule has 0 aliphatic carbocycles. The molecular formula is C53H89N15O11S. The van der Waals surface area contributed by atoms with Gasteiger partial charge < -0.3 is 71.4 Å². The number of hydrazine groups is 1. The first-order chi connectivity index (χ1) is 37.5. The Bertz CT molecular complexity index is 2340. The van der Waals surface area contributed by atoms with Gasteiger partial charge >= 0.3 is 0 Å². The number of nitrogens with two attached hydrogens (primary N) is 7. The smallest absolute Gasteiger partial charge is 0.245 e. The maximum atomic E-state index is 13.9. The van der Waals surface area contributed by atoms with Crippen LogP contribution in [0.5, 0.6) is 5.75 Å². The van der Waals surface area contributed by atoms with E-state index in [2.05, 4.69) is 42.8 Å². The quantitative estimate of drug-likeness (QED) is 0.0113. The van der Waals surface area contributed by atoms with Crippen LogP contribution in [-0.4, -0.2) is 149 Å². The molecule has 80 heavy (non-hydrogen) atoms. The Balaban J connectivity index is 0.00000347.